The first-order valence-corrected chi connectivity index (χ1v) is 5.98. The summed E-state index contributed by atoms with van der Waals surface area (Å²) in [5, 5.41) is 19.3. The molecule has 2 rings (SSSR count). The van der Waals surface area contributed by atoms with Crippen molar-refractivity contribution in [3.05, 3.63) is 23.8 Å². The maximum atomic E-state index is 10.4. The van der Waals surface area contributed by atoms with Crippen molar-refractivity contribution in [1.82, 2.24) is 4.90 Å². The minimum Gasteiger partial charge on any atom is -0.493 e. The Bertz CT molecular complexity index is 410. The molecule has 0 fully saturated rings. The number of ether oxygens (including phenoxy) is 2. The highest BCUT2D eigenvalue weighted by Gasteiger charge is 2.33. The van der Waals surface area contributed by atoms with E-state index in [-0.39, 0.29) is 12.6 Å². The molecule has 0 radical (unpaired) electrons. The number of aliphatic hydroxyl groups is 2. The molecule has 2 unspecified atom stereocenters. The Balaban J connectivity index is 2.25. The van der Waals surface area contributed by atoms with Crippen molar-refractivity contribution in [2.45, 2.75) is 12.1 Å². The van der Waals surface area contributed by atoms with Gasteiger partial charge in [-0.15, -0.1) is 0 Å². The molecule has 1 aromatic carbocycles. The van der Waals surface area contributed by atoms with Crippen molar-refractivity contribution in [2.24, 2.45) is 0 Å². The second kappa shape index (κ2) is 5.56. The number of aliphatic hydroxyl groups excluding tert-OH is 2. The molecule has 1 heterocycles. The number of hydrogen-bond donors (Lipinski definition) is 2. The number of fused-ring (bicyclic) bond motifs is 1. The van der Waals surface area contributed by atoms with Crippen LogP contribution in [0.1, 0.15) is 11.7 Å². The Morgan fingerprint density at radius 1 is 1.50 bits per heavy atom. The molecular weight excluding hydrogens is 234 g/mol. The lowest BCUT2D eigenvalue weighted by Gasteiger charge is -2.36. The van der Waals surface area contributed by atoms with E-state index in [0.717, 1.165) is 5.56 Å². The minimum absolute atomic E-state index is 0.0602. The molecule has 100 valence electrons. The van der Waals surface area contributed by atoms with Gasteiger partial charge in [0.1, 0.15) is 12.7 Å². The predicted octanol–water partition coefficient (Wildman–Crippen LogP) is 0.414. The summed E-state index contributed by atoms with van der Waals surface area (Å²) in [5.74, 6) is 1.25. The number of nitrogens with zero attached hydrogens (tertiary/aromatic N) is 1. The van der Waals surface area contributed by atoms with Crippen molar-refractivity contribution in [3.8, 4) is 11.5 Å². The summed E-state index contributed by atoms with van der Waals surface area (Å²) in [4.78, 5) is 1.90. The van der Waals surface area contributed by atoms with Crippen LogP contribution in [0.4, 0.5) is 0 Å². The first-order valence-electron chi connectivity index (χ1n) is 5.98. The molecule has 0 spiro atoms. The molecule has 2 atom stereocenters. The molecule has 0 amide bonds. The van der Waals surface area contributed by atoms with Crippen LogP contribution in [0.15, 0.2) is 18.2 Å². The summed E-state index contributed by atoms with van der Waals surface area (Å²) in [7, 11) is 3.44. The van der Waals surface area contributed by atoms with Gasteiger partial charge in [-0.1, -0.05) is 12.1 Å². The maximum Gasteiger partial charge on any atom is 0.167 e. The standard InChI is InChI=1S/C13H19NO4/c1-14(6-7-15)10-8-18-13-9(12(10)16)4-3-5-11(13)17-2/h3-5,10,12,15-16H,6-8H2,1-2H3. The zero-order valence-electron chi connectivity index (χ0n) is 10.7. The number of rotatable bonds is 4. The minimum atomic E-state index is -0.639. The molecule has 1 aliphatic rings. The summed E-state index contributed by atoms with van der Waals surface area (Å²) in [5.41, 5.74) is 0.732. The molecule has 0 bridgehead atoms. The summed E-state index contributed by atoms with van der Waals surface area (Å²) in [6, 6.07) is 5.32. The lowest BCUT2D eigenvalue weighted by atomic mass is 9.98. The van der Waals surface area contributed by atoms with Gasteiger partial charge in [-0.05, 0) is 13.1 Å². The van der Waals surface area contributed by atoms with Gasteiger partial charge in [0.2, 0.25) is 0 Å². The first kappa shape index (κ1) is 13.1. The topological polar surface area (TPSA) is 62.2 Å². The van der Waals surface area contributed by atoms with E-state index in [1.54, 1.807) is 7.11 Å². The number of likely N-dealkylation sites (N-methyl/N-ethyl adjacent to an activating group) is 1. The molecule has 0 aromatic heterocycles. The normalized spacial score (nSPS) is 22.5. The molecular formula is C13H19NO4. The van der Waals surface area contributed by atoms with E-state index in [2.05, 4.69) is 0 Å². The van der Waals surface area contributed by atoms with Crippen molar-refractivity contribution >= 4 is 0 Å². The van der Waals surface area contributed by atoms with Crippen molar-refractivity contribution < 1.29 is 19.7 Å². The van der Waals surface area contributed by atoms with E-state index >= 15 is 0 Å². The number of para-hydroxylation sites is 1. The molecule has 18 heavy (non-hydrogen) atoms. The van der Waals surface area contributed by atoms with Gasteiger partial charge in [-0.3, -0.25) is 4.90 Å². The fourth-order valence-electron chi connectivity index (χ4n) is 2.24. The van der Waals surface area contributed by atoms with Gasteiger partial charge >= 0.3 is 0 Å². The summed E-state index contributed by atoms with van der Waals surface area (Å²) in [6.45, 7) is 0.945. The third-order valence-corrected chi connectivity index (χ3v) is 3.33. The van der Waals surface area contributed by atoms with Gasteiger partial charge in [0.05, 0.1) is 19.8 Å². The van der Waals surface area contributed by atoms with Crippen LogP contribution in [-0.2, 0) is 0 Å². The van der Waals surface area contributed by atoms with E-state index in [1.807, 2.05) is 30.1 Å². The Morgan fingerprint density at radius 3 is 2.94 bits per heavy atom. The summed E-state index contributed by atoms with van der Waals surface area (Å²) >= 11 is 0. The van der Waals surface area contributed by atoms with Crippen LogP contribution in [0.5, 0.6) is 11.5 Å². The molecule has 0 aliphatic carbocycles. The molecule has 2 N–H and O–H groups in total. The highest BCUT2D eigenvalue weighted by atomic mass is 16.5. The van der Waals surface area contributed by atoms with Crippen LogP contribution in [0.2, 0.25) is 0 Å². The smallest absolute Gasteiger partial charge is 0.167 e. The third kappa shape index (κ3) is 2.29. The highest BCUT2D eigenvalue weighted by Crippen LogP contribution is 2.40. The van der Waals surface area contributed by atoms with E-state index in [0.29, 0.717) is 24.7 Å². The van der Waals surface area contributed by atoms with Crippen LogP contribution in [0, 0.1) is 0 Å². The summed E-state index contributed by atoms with van der Waals surface area (Å²) < 4.78 is 10.9. The van der Waals surface area contributed by atoms with Crippen LogP contribution >= 0.6 is 0 Å². The van der Waals surface area contributed by atoms with Crippen LogP contribution in [0.3, 0.4) is 0 Å². The second-order valence-corrected chi connectivity index (χ2v) is 4.41. The number of methoxy groups -OCH3 is 1. The Labute approximate surface area is 107 Å². The molecule has 5 nitrogen and oxygen atoms in total. The highest BCUT2D eigenvalue weighted by molar-refractivity contribution is 5.49. The van der Waals surface area contributed by atoms with Gasteiger partial charge in [0.15, 0.2) is 11.5 Å². The zero-order valence-corrected chi connectivity index (χ0v) is 10.7. The molecule has 0 saturated heterocycles. The van der Waals surface area contributed by atoms with E-state index < -0.39 is 6.10 Å². The lowest BCUT2D eigenvalue weighted by molar-refractivity contribution is 0.00842. The van der Waals surface area contributed by atoms with Gasteiger partial charge in [-0.2, -0.15) is 0 Å². The van der Waals surface area contributed by atoms with Crippen molar-refractivity contribution in [3.63, 3.8) is 0 Å². The van der Waals surface area contributed by atoms with Crippen LogP contribution < -0.4 is 9.47 Å². The largest absolute Gasteiger partial charge is 0.493 e. The van der Waals surface area contributed by atoms with E-state index in [1.165, 1.54) is 0 Å². The van der Waals surface area contributed by atoms with Gasteiger partial charge in [0.25, 0.3) is 0 Å². The molecule has 0 saturated carbocycles. The first-order chi connectivity index (χ1) is 8.69. The third-order valence-electron chi connectivity index (χ3n) is 3.33. The predicted molar refractivity (Wildman–Crippen MR) is 67.0 cm³/mol. The Morgan fingerprint density at radius 2 is 2.28 bits per heavy atom. The molecule has 1 aliphatic heterocycles. The number of hydrogen-bond acceptors (Lipinski definition) is 5. The number of benzene rings is 1. The van der Waals surface area contributed by atoms with Crippen LogP contribution in [-0.4, -0.2) is 55.1 Å². The van der Waals surface area contributed by atoms with E-state index in [9.17, 15) is 5.11 Å². The molecule has 5 heteroatoms. The zero-order chi connectivity index (χ0) is 13.1. The second-order valence-electron chi connectivity index (χ2n) is 4.41. The van der Waals surface area contributed by atoms with Crippen molar-refractivity contribution in [1.29, 1.82) is 0 Å². The quantitative estimate of drug-likeness (QED) is 0.814. The van der Waals surface area contributed by atoms with Gasteiger partial charge < -0.3 is 19.7 Å². The van der Waals surface area contributed by atoms with E-state index in [4.69, 9.17) is 14.6 Å². The monoisotopic (exact) mass is 253 g/mol. The Kier molecular flexibility index (Phi) is 4.06. The summed E-state index contributed by atoms with van der Waals surface area (Å²) in [6.07, 6.45) is -0.639. The maximum absolute atomic E-state index is 10.4. The Hall–Kier alpha value is -1.30. The molecule has 1 aromatic rings. The fraction of sp³-hybridized carbons (Fsp3) is 0.538. The van der Waals surface area contributed by atoms with Crippen molar-refractivity contribution in [2.75, 3.05) is 33.9 Å². The van der Waals surface area contributed by atoms with Gasteiger partial charge in [0, 0.05) is 12.1 Å². The average molecular weight is 253 g/mol. The lowest BCUT2D eigenvalue weighted by Crippen LogP contribution is -2.45. The average Bonchev–Trinajstić information content (AvgIpc) is 2.39. The fourth-order valence-corrected chi connectivity index (χ4v) is 2.24. The SMILES string of the molecule is COc1cccc2c1OCC(N(C)CCO)C2O. The van der Waals surface area contributed by atoms with Gasteiger partial charge in [-0.25, -0.2) is 0 Å². The van der Waals surface area contributed by atoms with Crippen LogP contribution in [0.25, 0.3) is 0 Å².